The largest absolute Gasteiger partial charge is 0.366 e. The summed E-state index contributed by atoms with van der Waals surface area (Å²) in [6.07, 6.45) is 3.56. The molecular weight excluding hydrogens is 254 g/mol. The highest BCUT2D eigenvalue weighted by Crippen LogP contribution is 2.14. The van der Waals surface area contributed by atoms with Crippen LogP contribution < -0.4 is 5.32 Å². The van der Waals surface area contributed by atoms with Crippen molar-refractivity contribution in [2.75, 3.05) is 11.9 Å². The van der Waals surface area contributed by atoms with E-state index < -0.39 is 0 Å². The average Bonchev–Trinajstić information content (AvgIpc) is 2.90. The minimum Gasteiger partial charge on any atom is -0.366 e. The standard InChI is InChI=1S/C15H19N3O2/c1-15(2,3)20-11-14(19)17-12-6-4-7-13(10-12)18-9-5-8-16-18/h4-10H,11H2,1-3H3,(H,17,19). The molecule has 0 fully saturated rings. The number of hydrogen-bond donors (Lipinski definition) is 1. The van der Waals surface area contributed by atoms with Gasteiger partial charge < -0.3 is 10.1 Å². The Kier molecular flexibility index (Phi) is 4.20. The third-order valence-corrected chi connectivity index (χ3v) is 2.54. The molecule has 20 heavy (non-hydrogen) atoms. The van der Waals surface area contributed by atoms with Gasteiger partial charge in [0.1, 0.15) is 6.61 Å². The number of carbonyl (C=O) groups excluding carboxylic acids is 1. The molecule has 1 amide bonds. The predicted octanol–water partition coefficient (Wildman–Crippen LogP) is 2.63. The van der Waals surface area contributed by atoms with Crippen molar-refractivity contribution < 1.29 is 9.53 Å². The lowest BCUT2D eigenvalue weighted by molar-refractivity contribution is -0.125. The van der Waals surface area contributed by atoms with Crippen LogP contribution in [0, 0.1) is 0 Å². The first-order valence-electron chi connectivity index (χ1n) is 6.48. The summed E-state index contributed by atoms with van der Waals surface area (Å²) in [5.41, 5.74) is 1.29. The Labute approximate surface area is 118 Å². The zero-order valence-electron chi connectivity index (χ0n) is 12.0. The van der Waals surface area contributed by atoms with E-state index in [1.165, 1.54) is 0 Å². The van der Waals surface area contributed by atoms with Crippen LogP contribution in [-0.4, -0.2) is 27.9 Å². The molecule has 106 valence electrons. The molecule has 5 nitrogen and oxygen atoms in total. The van der Waals surface area contributed by atoms with Crippen molar-refractivity contribution in [2.45, 2.75) is 26.4 Å². The molecule has 0 radical (unpaired) electrons. The number of rotatable bonds is 4. The van der Waals surface area contributed by atoms with E-state index in [-0.39, 0.29) is 18.1 Å². The van der Waals surface area contributed by atoms with Gasteiger partial charge in [0.15, 0.2) is 0 Å². The Morgan fingerprint density at radius 2 is 2.15 bits per heavy atom. The molecular formula is C15H19N3O2. The van der Waals surface area contributed by atoms with Gasteiger partial charge in [-0.2, -0.15) is 5.10 Å². The van der Waals surface area contributed by atoms with E-state index >= 15 is 0 Å². The minimum atomic E-state index is -0.325. The first-order chi connectivity index (χ1) is 9.44. The normalized spacial score (nSPS) is 11.3. The molecule has 2 rings (SSSR count). The lowest BCUT2D eigenvalue weighted by Gasteiger charge is -2.19. The maximum Gasteiger partial charge on any atom is 0.250 e. The summed E-state index contributed by atoms with van der Waals surface area (Å²) in [5, 5.41) is 6.97. The maximum atomic E-state index is 11.8. The predicted molar refractivity (Wildman–Crippen MR) is 77.9 cm³/mol. The average molecular weight is 273 g/mol. The van der Waals surface area contributed by atoms with E-state index in [4.69, 9.17) is 4.74 Å². The van der Waals surface area contributed by atoms with Crippen LogP contribution >= 0.6 is 0 Å². The molecule has 5 heteroatoms. The first-order valence-corrected chi connectivity index (χ1v) is 6.48. The van der Waals surface area contributed by atoms with Gasteiger partial charge in [-0.3, -0.25) is 4.79 Å². The summed E-state index contributed by atoms with van der Waals surface area (Å²) >= 11 is 0. The van der Waals surface area contributed by atoms with Gasteiger partial charge in [0.25, 0.3) is 0 Å². The van der Waals surface area contributed by atoms with E-state index in [0.717, 1.165) is 11.4 Å². The molecule has 0 saturated carbocycles. The molecule has 0 aliphatic carbocycles. The summed E-state index contributed by atoms with van der Waals surface area (Å²) in [5.74, 6) is -0.169. The maximum absolute atomic E-state index is 11.8. The molecule has 0 atom stereocenters. The molecule has 0 bridgehead atoms. The fraction of sp³-hybridized carbons (Fsp3) is 0.333. The number of carbonyl (C=O) groups is 1. The highest BCUT2D eigenvalue weighted by atomic mass is 16.5. The van der Waals surface area contributed by atoms with E-state index in [9.17, 15) is 4.79 Å². The first kappa shape index (κ1) is 14.3. The number of hydrogen-bond acceptors (Lipinski definition) is 3. The van der Waals surface area contributed by atoms with Crippen LogP contribution in [-0.2, 0) is 9.53 Å². The van der Waals surface area contributed by atoms with Gasteiger partial charge in [-0.15, -0.1) is 0 Å². The van der Waals surface area contributed by atoms with Gasteiger partial charge in [-0.05, 0) is 45.0 Å². The third-order valence-electron chi connectivity index (χ3n) is 2.54. The van der Waals surface area contributed by atoms with Crippen LogP contribution in [0.5, 0.6) is 0 Å². The van der Waals surface area contributed by atoms with Gasteiger partial charge >= 0.3 is 0 Å². The fourth-order valence-electron chi connectivity index (χ4n) is 1.63. The van der Waals surface area contributed by atoms with Crippen LogP contribution in [0.4, 0.5) is 5.69 Å². The van der Waals surface area contributed by atoms with Gasteiger partial charge in [0, 0.05) is 18.1 Å². The van der Waals surface area contributed by atoms with Crippen molar-refractivity contribution in [2.24, 2.45) is 0 Å². The van der Waals surface area contributed by atoms with Gasteiger partial charge in [-0.25, -0.2) is 4.68 Å². The summed E-state index contributed by atoms with van der Waals surface area (Å²) in [6.45, 7) is 5.78. The Balaban J connectivity index is 2.00. The molecule has 1 heterocycles. The number of benzene rings is 1. The Bertz CT molecular complexity index is 571. The summed E-state index contributed by atoms with van der Waals surface area (Å²) in [7, 11) is 0. The number of nitrogens with zero attached hydrogens (tertiary/aromatic N) is 2. The van der Waals surface area contributed by atoms with Crippen molar-refractivity contribution in [3.63, 3.8) is 0 Å². The minimum absolute atomic E-state index is 0.0372. The molecule has 0 aliphatic rings. The molecule has 0 spiro atoms. The van der Waals surface area contributed by atoms with Gasteiger partial charge in [0.05, 0.1) is 11.3 Å². The van der Waals surface area contributed by atoms with Crippen LogP contribution in [0.1, 0.15) is 20.8 Å². The molecule has 0 aliphatic heterocycles. The highest BCUT2D eigenvalue weighted by Gasteiger charge is 2.13. The topological polar surface area (TPSA) is 56.1 Å². The van der Waals surface area contributed by atoms with E-state index in [2.05, 4.69) is 10.4 Å². The fourth-order valence-corrected chi connectivity index (χ4v) is 1.63. The molecule has 1 aromatic carbocycles. The van der Waals surface area contributed by atoms with Crippen LogP contribution in [0.3, 0.4) is 0 Å². The molecule has 1 N–H and O–H groups in total. The molecule has 1 aromatic heterocycles. The van der Waals surface area contributed by atoms with Gasteiger partial charge in [-0.1, -0.05) is 6.07 Å². The van der Waals surface area contributed by atoms with Gasteiger partial charge in [0.2, 0.25) is 5.91 Å². The van der Waals surface area contributed by atoms with Crippen molar-refractivity contribution in [3.05, 3.63) is 42.7 Å². The number of aromatic nitrogens is 2. The van der Waals surface area contributed by atoms with Crippen LogP contribution in [0.25, 0.3) is 5.69 Å². The summed E-state index contributed by atoms with van der Waals surface area (Å²) < 4.78 is 7.17. The Hall–Kier alpha value is -2.14. The second kappa shape index (κ2) is 5.88. The quantitative estimate of drug-likeness (QED) is 0.931. The van der Waals surface area contributed by atoms with Crippen LogP contribution in [0.15, 0.2) is 42.7 Å². The summed E-state index contributed by atoms with van der Waals surface area (Å²) in [4.78, 5) is 11.8. The van der Waals surface area contributed by atoms with E-state index in [1.54, 1.807) is 10.9 Å². The van der Waals surface area contributed by atoms with Crippen molar-refractivity contribution in [1.82, 2.24) is 9.78 Å². The molecule has 2 aromatic rings. The van der Waals surface area contributed by atoms with E-state index in [0.29, 0.717) is 0 Å². The second-order valence-electron chi connectivity index (χ2n) is 5.45. The zero-order chi connectivity index (χ0) is 14.6. The Morgan fingerprint density at radius 3 is 2.80 bits per heavy atom. The summed E-state index contributed by atoms with van der Waals surface area (Å²) in [6, 6.07) is 9.35. The second-order valence-corrected chi connectivity index (χ2v) is 5.45. The molecule has 0 unspecified atom stereocenters. The van der Waals surface area contributed by atoms with Crippen molar-refractivity contribution in [1.29, 1.82) is 0 Å². The monoisotopic (exact) mass is 273 g/mol. The lowest BCUT2D eigenvalue weighted by atomic mass is 10.2. The SMILES string of the molecule is CC(C)(C)OCC(=O)Nc1cccc(-n2cccn2)c1. The smallest absolute Gasteiger partial charge is 0.250 e. The lowest BCUT2D eigenvalue weighted by Crippen LogP contribution is -2.27. The zero-order valence-corrected chi connectivity index (χ0v) is 12.0. The van der Waals surface area contributed by atoms with Crippen molar-refractivity contribution >= 4 is 11.6 Å². The molecule has 0 saturated heterocycles. The Morgan fingerprint density at radius 1 is 1.35 bits per heavy atom. The van der Waals surface area contributed by atoms with Crippen molar-refractivity contribution in [3.8, 4) is 5.69 Å². The number of amides is 1. The third kappa shape index (κ3) is 4.20. The highest BCUT2D eigenvalue weighted by molar-refractivity contribution is 5.91. The number of ether oxygens (including phenoxy) is 1. The number of anilines is 1. The van der Waals surface area contributed by atoms with Crippen LogP contribution in [0.2, 0.25) is 0 Å². The number of nitrogens with one attached hydrogen (secondary N) is 1. The van der Waals surface area contributed by atoms with E-state index in [1.807, 2.05) is 57.3 Å².